The summed E-state index contributed by atoms with van der Waals surface area (Å²) in [4.78, 5) is 30.5. The number of thioether (sulfide) groups is 1. The fourth-order valence-electron chi connectivity index (χ4n) is 3.62. The van der Waals surface area contributed by atoms with Crippen LogP contribution in [0.25, 0.3) is 16.6 Å². The summed E-state index contributed by atoms with van der Waals surface area (Å²) < 4.78 is 12.1. The Morgan fingerprint density at radius 3 is 2.60 bits per heavy atom. The summed E-state index contributed by atoms with van der Waals surface area (Å²) in [6, 6.07) is 19.8. The number of hydrogen-bond acceptors (Lipinski definition) is 6. The number of carbonyl (C=O) groups excluding carboxylic acids is 1. The predicted octanol–water partition coefficient (Wildman–Crippen LogP) is 4.51. The normalized spacial score (nSPS) is 10.8. The molecule has 1 N–H and O–H groups in total. The van der Waals surface area contributed by atoms with Crippen molar-refractivity contribution in [3.8, 4) is 17.2 Å². The Labute approximate surface area is 212 Å². The van der Waals surface area contributed by atoms with Crippen LogP contribution >= 0.6 is 23.4 Å². The maximum absolute atomic E-state index is 13.3. The quantitative estimate of drug-likeness (QED) is 0.264. The zero-order valence-electron chi connectivity index (χ0n) is 19.3. The Morgan fingerprint density at radius 1 is 1.03 bits per heavy atom. The number of aromatic nitrogens is 2. The highest BCUT2D eigenvalue weighted by atomic mass is 35.5. The summed E-state index contributed by atoms with van der Waals surface area (Å²) in [5.41, 5.74) is 1.97. The number of para-hydroxylation sites is 1. The first-order chi connectivity index (χ1) is 17.0. The lowest BCUT2D eigenvalue weighted by Crippen LogP contribution is -2.28. The van der Waals surface area contributed by atoms with E-state index >= 15 is 0 Å². The third kappa shape index (κ3) is 5.78. The van der Waals surface area contributed by atoms with Gasteiger partial charge in [-0.25, -0.2) is 4.98 Å². The molecule has 0 fully saturated rings. The van der Waals surface area contributed by atoms with Gasteiger partial charge in [0.1, 0.15) is 0 Å². The first-order valence-corrected chi connectivity index (χ1v) is 12.2. The van der Waals surface area contributed by atoms with E-state index in [-0.39, 0.29) is 17.2 Å². The second kappa shape index (κ2) is 11.3. The van der Waals surface area contributed by atoms with Crippen molar-refractivity contribution in [1.29, 1.82) is 0 Å². The van der Waals surface area contributed by atoms with E-state index in [0.717, 1.165) is 5.56 Å². The topological polar surface area (TPSA) is 82.5 Å². The smallest absolute Gasteiger partial charge is 0.266 e. The van der Waals surface area contributed by atoms with Crippen LogP contribution in [0.5, 0.6) is 11.5 Å². The van der Waals surface area contributed by atoms with Gasteiger partial charge < -0.3 is 14.8 Å². The molecule has 0 atom stereocenters. The molecule has 4 aromatic rings. The fraction of sp³-hybridized carbons (Fsp3) is 0.192. The van der Waals surface area contributed by atoms with E-state index in [0.29, 0.717) is 51.2 Å². The molecule has 1 heterocycles. The Bertz CT molecular complexity index is 1420. The molecule has 0 bridgehead atoms. The standard InChI is InChI=1S/C26H24ClN3O4S/c1-33-22-11-10-17(14-23(22)34-2)12-13-28-24(31)16-35-26-29-21-9-4-3-8-20(21)25(32)30(26)19-7-5-6-18(27)15-19/h3-11,14-15H,12-13,16H2,1-2H3,(H,28,31). The van der Waals surface area contributed by atoms with Crippen molar-refractivity contribution in [1.82, 2.24) is 14.9 Å². The summed E-state index contributed by atoms with van der Waals surface area (Å²) in [5, 5.41) is 4.34. The largest absolute Gasteiger partial charge is 0.493 e. The Balaban J connectivity index is 1.47. The maximum Gasteiger partial charge on any atom is 0.266 e. The second-order valence-corrected chi connectivity index (χ2v) is 8.99. The zero-order chi connectivity index (χ0) is 24.8. The minimum atomic E-state index is -0.214. The third-order valence-electron chi connectivity index (χ3n) is 5.33. The van der Waals surface area contributed by atoms with Crippen LogP contribution in [0.4, 0.5) is 0 Å². The summed E-state index contributed by atoms with van der Waals surface area (Å²) in [6.07, 6.45) is 0.637. The Hall–Kier alpha value is -3.49. The molecule has 0 aliphatic carbocycles. The first-order valence-electron chi connectivity index (χ1n) is 10.9. The van der Waals surface area contributed by atoms with Crippen molar-refractivity contribution in [2.45, 2.75) is 11.6 Å². The minimum absolute atomic E-state index is 0.108. The highest BCUT2D eigenvalue weighted by Gasteiger charge is 2.15. The number of ether oxygens (including phenoxy) is 2. The zero-order valence-corrected chi connectivity index (χ0v) is 20.9. The number of amides is 1. The van der Waals surface area contributed by atoms with Crippen molar-refractivity contribution in [2.24, 2.45) is 0 Å². The summed E-state index contributed by atoms with van der Waals surface area (Å²) in [7, 11) is 3.18. The Kier molecular flexibility index (Phi) is 7.94. The molecule has 4 rings (SSSR count). The van der Waals surface area contributed by atoms with Crippen molar-refractivity contribution in [3.63, 3.8) is 0 Å². The van der Waals surface area contributed by atoms with Crippen LogP contribution in [-0.4, -0.2) is 42.0 Å². The average Bonchev–Trinajstić information content (AvgIpc) is 2.87. The van der Waals surface area contributed by atoms with Crippen LogP contribution < -0.4 is 20.3 Å². The lowest BCUT2D eigenvalue weighted by molar-refractivity contribution is -0.118. The molecule has 0 aliphatic rings. The number of carbonyl (C=O) groups is 1. The number of hydrogen-bond donors (Lipinski definition) is 1. The van der Waals surface area contributed by atoms with Crippen LogP contribution in [0, 0.1) is 0 Å². The van der Waals surface area contributed by atoms with Gasteiger partial charge >= 0.3 is 0 Å². The van der Waals surface area contributed by atoms with Gasteiger partial charge in [-0.3, -0.25) is 14.2 Å². The molecule has 0 aliphatic heterocycles. The van der Waals surface area contributed by atoms with Gasteiger partial charge in [0.25, 0.3) is 5.56 Å². The molecule has 0 unspecified atom stereocenters. The molecule has 7 nitrogen and oxygen atoms in total. The number of halogens is 1. The molecule has 3 aromatic carbocycles. The van der Waals surface area contributed by atoms with Crippen LogP contribution in [0.1, 0.15) is 5.56 Å². The van der Waals surface area contributed by atoms with Gasteiger partial charge in [-0.1, -0.05) is 47.6 Å². The fourth-order valence-corrected chi connectivity index (χ4v) is 4.64. The third-order valence-corrected chi connectivity index (χ3v) is 6.50. The Morgan fingerprint density at radius 2 is 1.83 bits per heavy atom. The molecule has 35 heavy (non-hydrogen) atoms. The SMILES string of the molecule is COc1ccc(CCNC(=O)CSc2nc3ccccc3c(=O)n2-c2cccc(Cl)c2)cc1OC. The van der Waals surface area contributed by atoms with E-state index in [2.05, 4.69) is 10.3 Å². The number of rotatable bonds is 9. The molecule has 0 radical (unpaired) electrons. The van der Waals surface area contributed by atoms with E-state index in [4.69, 9.17) is 21.1 Å². The van der Waals surface area contributed by atoms with E-state index in [9.17, 15) is 9.59 Å². The van der Waals surface area contributed by atoms with Crippen molar-refractivity contribution >= 4 is 40.2 Å². The maximum atomic E-state index is 13.3. The van der Waals surface area contributed by atoms with Gasteiger partial charge in [-0.2, -0.15) is 0 Å². The predicted molar refractivity (Wildman–Crippen MR) is 139 cm³/mol. The summed E-state index contributed by atoms with van der Waals surface area (Å²) in [6.45, 7) is 0.459. The minimum Gasteiger partial charge on any atom is -0.493 e. The number of nitrogens with one attached hydrogen (secondary N) is 1. The second-order valence-electron chi connectivity index (χ2n) is 7.61. The van der Waals surface area contributed by atoms with Gasteiger partial charge in [-0.05, 0) is 54.4 Å². The number of benzene rings is 3. The molecule has 9 heteroatoms. The molecular formula is C26H24ClN3O4S. The van der Waals surface area contributed by atoms with Crippen LogP contribution in [0.2, 0.25) is 5.02 Å². The van der Waals surface area contributed by atoms with Crippen molar-refractivity contribution in [2.75, 3.05) is 26.5 Å². The molecule has 1 amide bonds. The lowest BCUT2D eigenvalue weighted by Gasteiger charge is -2.13. The molecular weight excluding hydrogens is 486 g/mol. The molecule has 180 valence electrons. The number of nitrogens with zero attached hydrogens (tertiary/aromatic N) is 2. The van der Waals surface area contributed by atoms with Crippen molar-refractivity contribution in [3.05, 3.63) is 87.7 Å². The van der Waals surface area contributed by atoms with Gasteiger partial charge in [0.2, 0.25) is 5.91 Å². The molecule has 0 spiro atoms. The van der Waals surface area contributed by atoms with Crippen LogP contribution in [0.3, 0.4) is 0 Å². The number of fused-ring (bicyclic) bond motifs is 1. The van der Waals surface area contributed by atoms with Crippen LogP contribution in [-0.2, 0) is 11.2 Å². The van der Waals surface area contributed by atoms with E-state index in [1.54, 1.807) is 56.7 Å². The average molecular weight is 510 g/mol. The van der Waals surface area contributed by atoms with E-state index in [1.165, 1.54) is 16.3 Å². The summed E-state index contributed by atoms with van der Waals surface area (Å²) in [5.74, 6) is 1.26. The number of methoxy groups -OCH3 is 2. The van der Waals surface area contributed by atoms with Crippen molar-refractivity contribution < 1.29 is 14.3 Å². The van der Waals surface area contributed by atoms with Gasteiger partial charge in [0.05, 0.1) is 36.6 Å². The van der Waals surface area contributed by atoms with Gasteiger partial charge in [0.15, 0.2) is 16.7 Å². The van der Waals surface area contributed by atoms with Gasteiger partial charge in [0, 0.05) is 11.6 Å². The van der Waals surface area contributed by atoms with Crippen LogP contribution in [0.15, 0.2) is 76.7 Å². The highest BCUT2D eigenvalue weighted by molar-refractivity contribution is 7.99. The summed E-state index contributed by atoms with van der Waals surface area (Å²) >= 11 is 7.37. The van der Waals surface area contributed by atoms with E-state index < -0.39 is 0 Å². The van der Waals surface area contributed by atoms with Gasteiger partial charge in [-0.15, -0.1) is 0 Å². The van der Waals surface area contributed by atoms with E-state index in [1.807, 2.05) is 24.3 Å². The monoisotopic (exact) mass is 509 g/mol. The molecule has 1 aromatic heterocycles. The lowest BCUT2D eigenvalue weighted by atomic mass is 10.1. The first kappa shape index (κ1) is 24.6. The highest BCUT2D eigenvalue weighted by Crippen LogP contribution is 2.27. The molecule has 0 saturated heterocycles. The molecule has 0 saturated carbocycles.